The van der Waals surface area contributed by atoms with Gasteiger partial charge in [0.25, 0.3) is 0 Å². The molecule has 3 aromatic rings. The van der Waals surface area contributed by atoms with E-state index in [1.54, 1.807) is 18.0 Å². The average Bonchev–Trinajstić information content (AvgIpc) is 2.55. The molecule has 110 valence electrons. The van der Waals surface area contributed by atoms with E-state index in [0.29, 0.717) is 0 Å². The normalized spacial score (nSPS) is 12.3. The molecule has 0 amide bonds. The van der Waals surface area contributed by atoms with Crippen LogP contribution in [0.3, 0.4) is 0 Å². The average molecular weight is 372 g/mol. The van der Waals surface area contributed by atoms with Gasteiger partial charge in [-0.1, -0.05) is 46.3 Å². The Labute approximate surface area is 142 Å². The van der Waals surface area contributed by atoms with Gasteiger partial charge in [0.15, 0.2) is 5.78 Å². The zero-order valence-corrected chi connectivity index (χ0v) is 14.4. The monoisotopic (exact) mass is 371 g/mol. The molecule has 22 heavy (non-hydrogen) atoms. The Kier molecular flexibility index (Phi) is 4.60. The molecule has 2 aromatic carbocycles. The summed E-state index contributed by atoms with van der Waals surface area (Å²) in [6.07, 6.45) is 1.79. The molecule has 1 atom stereocenters. The smallest absolute Gasteiger partial charge is 0.175 e. The summed E-state index contributed by atoms with van der Waals surface area (Å²) in [6, 6.07) is 17.5. The minimum atomic E-state index is -0.146. The van der Waals surface area contributed by atoms with E-state index in [2.05, 4.69) is 20.9 Å². The molecule has 0 aliphatic heterocycles. The quantitative estimate of drug-likeness (QED) is 0.456. The molecule has 1 aromatic heterocycles. The fraction of sp³-hybridized carbons (Fsp3) is 0.111. The lowest BCUT2D eigenvalue weighted by Crippen LogP contribution is -2.13. The second-order valence-corrected chi connectivity index (χ2v) is 7.26. The zero-order chi connectivity index (χ0) is 15.5. The molecule has 0 saturated carbocycles. The summed E-state index contributed by atoms with van der Waals surface area (Å²) in [5, 5.41) is 0.942. The highest BCUT2D eigenvalue weighted by molar-refractivity contribution is 9.10. The minimum absolute atomic E-state index is 0.137. The number of nitrogens with zero attached hydrogens (tertiary/aromatic N) is 1. The van der Waals surface area contributed by atoms with Gasteiger partial charge in [0.1, 0.15) is 0 Å². The summed E-state index contributed by atoms with van der Waals surface area (Å²) < 4.78 is 0.976. The molecule has 0 bridgehead atoms. The first kappa shape index (κ1) is 15.3. The van der Waals surface area contributed by atoms with Crippen molar-refractivity contribution in [2.24, 2.45) is 0 Å². The highest BCUT2D eigenvalue weighted by Gasteiger charge is 2.17. The van der Waals surface area contributed by atoms with Gasteiger partial charge in [0, 0.05) is 26.5 Å². The molecule has 0 saturated heterocycles. The Morgan fingerprint density at radius 3 is 2.59 bits per heavy atom. The predicted molar refractivity (Wildman–Crippen MR) is 95.5 cm³/mol. The standard InChI is InChI=1S/C18H14BrNOS/c1-12(18(21)13-6-8-14(19)9-7-13)22-17-10-11-20-16-5-3-2-4-15(16)17/h2-12H,1H3. The van der Waals surface area contributed by atoms with Crippen molar-refractivity contribution in [1.82, 2.24) is 4.98 Å². The van der Waals surface area contributed by atoms with Gasteiger partial charge >= 0.3 is 0 Å². The number of para-hydroxylation sites is 1. The number of aromatic nitrogens is 1. The first-order valence-electron chi connectivity index (χ1n) is 6.95. The van der Waals surface area contributed by atoms with Crippen molar-refractivity contribution in [2.45, 2.75) is 17.1 Å². The molecule has 4 heteroatoms. The zero-order valence-electron chi connectivity index (χ0n) is 12.0. The number of halogens is 1. The van der Waals surface area contributed by atoms with E-state index in [0.717, 1.165) is 25.8 Å². The van der Waals surface area contributed by atoms with Crippen LogP contribution in [0.25, 0.3) is 10.9 Å². The van der Waals surface area contributed by atoms with E-state index < -0.39 is 0 Å². The molecule has 0 spiro atoms. The van der Waals surface area contributed by atoms with Crippen LogP contribution in [0.1, 0.15) is 17.3 Å². The van der Waals surface area contributed by atoms with Crippen molar-refractivity contribution in [2.75, 3.05) is 0 Å². The minimum Gasteiger partial charge on any atom is -0.293 e. The van der Waals surface area contributed by atoms with Crippen LogP contribution in [0, 0.1) is 0 Å². The summed E-state index contributed by atoms with van der Waals surface area (Å²) in [5.74, 6) is 0.137. The number of hydrogen-bond acceptors (Lipinski definition) is 3. The Morgan fingerprint density at radius 1 is 1.09 bits per heavy atom. The fourth-order valence-corrected chi connectivity index (χ4v) is 3.59. The third-order valence-electron chi connectivity index (χ3n) is 3.41. The maximum absolute atomic E-state index is 12.5. The highest BCUT2D eigenvalue weighted by atomic mass is 79.9. The van der Waals surface area contributed by atoms with Crippen LogP contribution in [-0.4, -0.2) is 16.0 Å². The van der Waals surface area contributed by atoms with E-state index in [1.807, 2.05) is 61.5 Å². The van der Waals surface area contributed by atoms with Gasteiger partial charge < -0.3 is 0 Å². The maximum atomic E-state index is 12.5. The number of rotatable bonds is 4. The lowest BCUT2D eigenvalue weighted by molar-refractivity contribution is 0.0994. The molecular formula is C18H14BrNOS. The Balaban J connectivity index is 1.85. The van der Waals surface area contributed by atoms with Crippen LogP contribution in [0.2, 0.25) is 0 Å². The molecule has 1 heterocycles. The van der Waals surface area contributed by atoms with Gasteiger partial charge in [-0.15, -0.1) is 11.8 Å². The third-order valence-corrected chi connectivity index (χ3v) is 5.12. The van der Waals surface area contributed by atoms with Gasteiger partial charge in [0.05, 0.1) is 10.8 Å². The number of carbonyl (C=O) groups is 1. The van der Waals surface area contributed by atoms with Crippen LogP contribution in [-0.2, 0) is 0 Å². The molecule has 0 aliphatic carbocycles. The Bertz CT molecular complexity index is 811. The summed E-state index contributed by atoms with van der Waals surface area (Å²) >= 11 is 4.97. The maximum Gasteiger partial charge on any atom is 0.175 e. The van der Waals surface area contributed by atoms with E-state index in [1.165, 1.54) is 0 Å². The van der Waals surface area contributed by atoms with Gasteiger partial charge in [-0.2, -0.15) is 0 Å². The number of carbonyl (C=O) groups excluding carboxylic acids is 1. The van der Waals surface area contributed by atoms with Crippen molar-refractivity contribution in [3.63, 3.8) is 0 Å². The molecule has 0 fully saturated rings. The largest absolute Gasteiger partial charge is 0.293 e. The second-order valence-electron chi connectivity index (χ2n) is 4.96. The van der Waals surface area contributed by atoms with E-state index in [4.69, 9.17) is 0 Å². The lowest BCUT2D eigenvalue weighted by atomic mass is 10.1. The number of fused-ring (bicyclic) bond motifs is 1. The third kappa shape index (κ3) is 3.23. The van der Waals surface area contributed by atoms with Crippen molar-refractivity contribution in [3.05, 3.63) is 70.8 Å². The van der Waals surface area contributed by atoms with Crippen molar-refractivity contribution in [3.8, 4) is 0 Å². The predicted octanol–water partition coefficient (Wildman–Crippen LogP) is 5.36. The lowest BCUT2D eigenvalue weighted by Gasteiger charge is -2.12. The number of hydrogen-bond donors (Lipinski definition) is 0. The first-order valence-corrected chi connectivity index (χ1v) is 8.62. The van der Waals surface area contributed by atoms with Gasteiger partial charge in [0.2, 0.25) is 0 Å². The molecule has 0 aliphatic rings. The molecule has 0 radical (unpaired) electrons. The second kappa shape index (κ2) is 6.63. The Hall–Kier alpha value is -1.65. The van der Waals surface area contributed by atoms with Crippen LogP contribution in [0.4, 0.5) is 0 Å². The SMILES string of the molecule is CC(Sc1ccnc2ccccc12)C(=O)c1ccc(Br)cc1. The van der Waals surface area contributed by atoms with Crippen molar-refractivity contribution >= 4 is 44.4 Å². The number of benzene rings is 2. The molecular weight excluding hydrogens is 358 g/mol. The van der Waals surface area contributed by atoms with Gasteiger partial charge in [-0.3, -0.25) is 9.78 Å². The summed E-state index contributed by atoms with van der Waals surface area (Å²) in [5.41, 5.74) is 1.69. The van der Waals surface area contributed by atoms with Crippen LogP contribution < -0.4 is 0 Å². The van der Waals surface area contributed by atoms with Crippen molar-refractivity contribution in [1.29, 1.82) is 0 Å². The molecule has 1 unspecified atom stereocenters. The number of thioether (sulfide) groups is 1. The molecule has 2 nitrogen and oxygen atoms in total. The Morgan fingerprint density at radius 2 is 1.82 bits per heavy atom. The van der Waals surface area contributed by atoms with Crippen LogP contribution in [0.5, 0.6) is 0 Å². The van der Waals surface area contributed by atoms with E-state index in [9.17, 15) is 4.79 Å². The summed E-state index contributed by atoms with van der Waals surface area (Å²) in [7, 11) is 0. The van der Waals surface area contributed by atoms with Crippen molar-refractivity contribution < 1.29 is 4.79 Å². The highest BCUT2D eigenvalue weighted by Crippen LogP contribution is 2.31. The van der Waals surface area contributed by atoms with Crippen LogP contribution in [0.15, 0.2) is 70.2 Å². The van der Waals surface area contributed by atoms with E-state index >= 15 is 0 Å². The molecule has 3 rings (SSSR count). The fourth-order valence-electron chi connectivity index (χ4n) is 2.27. The summed E-state index contributed by atoms with van der Waals surface area (Å²) in [4.78, 5) is 18.0. The summed E-state index contributed by atoms with van der Waals surface area (Å²) in [6.45, 7) is 1.95. The van der Waals surface area contributed by atoms with Crippen LogP contribution >= 0.6 is 27.7 Å². The number of ketones is 1. The topological polar surface area (TPSA) is 30.0 Å². The number of Topliss-reactive ketones (excluding diaryl/α,β-unsaturated/α-hetero) is 1. The first-order chi connectivity index (χ1) is 10.6. The van der Waals surface area contributed by atoms with E-state index in [-0.39, 0.29) is 11.0 Å². The van der Waals surface area contributed by atoms with Gasteiger partial charge in [-0.05, 0) is 31.2 Å². The van der Waals surface area contributed by atoms with Gasteiger partial charge in [-0.25, -0.2) is 0 Å². The molecule has 0 N–H and O–H groups in total. The number of pyridine rings is 1.